The number of rotatable bonds is 4. The Morgan fingerprint density at radius 3 is 2.80 bits per heavy atom. The third kappa shape index (κ3) is 2.98. The van der Waals surface area contributed by atoms with E-state index in [9.17, 15) is 0 Å². The van der Waals surface area contributed by atoms with Crippen molar-refractivity contribution in [2.75, 3.05) is 13.2 Å². The third-order valence-electron chi connectivity index (χ3n) is 4.37. The van der Waals surface area contributed by atoms with E-state index < -0.39 is 5.79 Å². The highest BCUT2D eigenvalue weighted by Crippen LogP contribution is 2.45. The van der Waals surface area contributed by atoms with E-state index in [1.807, 2.05) is 13.8 Å². The Bertz CT molecular complexity index is 801. The van der Waals surface area contributed by atoms with Gasteiger partial charge < -0.3 is 19.3 Å². The first-order chi connectivity index (χ1) is 11.9. The minimum atomic E-state index is -0.741. The number of halogens is 2. The number of ether oxygens (including phenoxy) is 3. The molecule has 0 aromatic carbocycles. The van der Waals surface area contributed by atoms with Gasteiger partial charge in [-0.3, -0.25) is 0 Å². The number of aromatic nitrogens is 5. The smallest absolute Gasteiger partial charge is 0.225 e. The first-order valence-corrected chi connectivity index (χ1v) is 8.67. The number of nitrogens with zero attached hydrogens (tertiary/aromatic N) is 5. The molecule has 11 heteroatoms. The minimum Gasteiger partial charge on any atom is -0.394 e. The van der Waals surface area contributed by atoms with Crippen LogP contribution >= 0.6 is 23.2 Å². The van der Waals surface area contributed by atoms with Crippen LogP contribution in [0.15, 0.2) is 0 Å². The van der Waals surface area contributed by atoms with Crippen LogP contribution in [0.25, 0.3) is 11.2 Å². The molecule has 3 heterocycles. The lowest BCUT2D eigenvalue weighted by molar-refractivity contribution is -0.171. The molecule has 136 valence electrons. The van der Waals surface area contributed by atoms with Gasteiger partial charge in [0, 0.05) is 6.42 Å². The molecule has 2 aromatic rings. The SMILES string of the molecule is CC1(C)O[C@@H]2[C@H](O1)[C@@H](OCCO)C[C@H]2n1nnc2c(Cl)nc(Cl)nc21. The average Bonchev–Trinajstić information content (AvgIpc) is 3.16. The maximum absolute atomic E-state index is 9.05. The van der Waals surface area contributed by atoms with Crippen LogP contribution in [0.4, 0.5) is 0 Å². The van der Waals surface area contributed by atoms with E-state index in [1.165, 1.54) is 0 Å². The Morgan fingerprint density at radius 2 is 2.04 bits per heavy atom. The predicted octanol–water partition coefficient (Wildman–Crippen LogP) is 1.37. The summed E-state index contributed by atoms with van der Waals surface area (Å²) in [7, 11) is 0. The van der Waals surface area contributed by atoms with Crippen LogP contribution in [-0.2, 0) is 14.2 Å². The van der Waals surface area contributed by atoms with Gasteiger partial charge in [0.2, 0.25) is 5.28 Å². The molecule has 2 aliphatic rings. The highest BCUT2D eigenvalue weighted by molar-refractivity contribution is 6.35. The van der Waals surface area contributed by atoms with Crippen molar-refractivity contribution in [2.45, 2.75) is 50.4 Å². The summed E-state index contributed by atoms with van der Waals surface area (Å²) in [6, 6.07) is -0.220. The van der Waals surface area contributed by atoms with E-state index in [2.05, 4.69) is 20.3 Å². The van der Waals surface area contributed by atoms with Gasteiger partial charge in [0.25, 0.3) is 0 Å². The first kappa shape index (κ1) is 17.3. The van der Waals surface area contributed by atoms with Gasteiger partial charge in [-0.05, 0) is 25.4 Å². The second kappa shape index (κ2) is 6.26. The molecule has 0 unspecified atom stereocenters. The standard InChI is InChI=1S/C14H17Cl2N5O4/c1-14(2)24-9-6(5-7(10(9)25-14)23-4-3-22)21-12-8(19-20-21)11(15)17-13(16)18-12/h6-7,9-10,22H,3-5H2,1-2H3/t6-,7+,9+,10-/m1/s1. The average molecular weight is 390 g/mol. The summed E-state index contributed by atoms with van der Waals surface area (Å²) >= 11 is 12.0. The van der Waals surface area contributed by atoms with Gasteiger partial charge in [-0.15, -0.1) is 5.10 Å². The molecule has 2 aromatic heterocycles. The molecule has 0 radical (unpaired) electrons. The van der Waals surface area contributed by atoms with E-state index in [1.54, 1.807) is 4.68 Å². The molecule has 25 heavy (non-hydrogen) atoms. The topological polar surface area (TPSA) is 104 Å². The van der Waals surface area contributed by atoms with Gasteiger partial charge in [0.1, 0.15) is 12.2 Å². The van der Waals surface area contributed by atoms with E-state index in [0.29, 0.717) is 17.6 Å². The zero-order valence-corrected chi connectivity index (χ0v) is 15.1. The van der Waals surface area contributed by atoms with Crippen LogP contribution in [0.2, 0.25) is 10.4 Å². The summed E-state index contributed by atoms with van der Waals surface area (Å²) in [5, 5.41) is 17.5. The van der Waals surface area contributed by atoms with E-state index in [0.717, 1.165) is 0 Å². The van der Waals surface area contributed by atoms with Gasteiger partial charge in [0.05, 0.1) is 25.4 Å². The van der Waals surface area contributed by atoms with Gasteiger partial charge in [-0.2, -0.15) is 4.98 Å². The summed E-state index contributed by atoms with van der Waals surface area (Å²) in [4.78, 5) is 8.09. The molecule has 1 saturated heterocycles. The Morgan fingerprint density at radius 1 is 1.28 bits per heavy atom. The summed E-state index contributed by atoms with van der Waals surface area (Å²) in [5.41, 5.74) is 0.811. The largest absolute Gasteiger partial charge is 0.394 e. The quantitative estimate of drug-likeness (QED) is 0.617. The van der Waals surface area contributed by atoms with E-state index >= 15 is 0 Å². The van der Waals surface area contributed by atoms with Crippen molar-refractivity contribution in [1.29, 1.82) is 0 Å². The van der Waals surface area contributed by atoms with Crippen molar-refractivity contribution in [1.82, 2.24) is 25.0 Å². The maximum Gasteiger partial charge on any atom is 0.225 e. The molecule has 1 aliphatic carbocycles. The third-order valence-corrected chi connectivity index (χ3v) is 4.81. The fourth-order valence-electron chi connectivity index (χ4n) is 3.51. The summed E-state index contributed by atoms with van der Waals surface area (Å²) in [6.07, 6.45) is -0.242. The lowest BCUT2D eigenvalue weighted by atomic mass is 10.2. The number of aliphatic hydroxyl groups excluding tert-OH is 1. The Balaban J connectivity index is 1.72. The van der Waals surface area contributed by atoms with Gasteiger partial charge in [-0.1, -0.05) is 16.8 Å². The van der Waals surface area contributed by atoms with Crippen LogP contribution in [0.3, 0.4) is 0 Å². The number of aliphatic hydroxyl groups is 1. The van der Waals surface area contributed by atoms with Crippen molar-refractivity contribution in [3.05, 3.63) is 10.4 Å². The van der Waals surface area contributed by atoms with Crippen molar-refractivity contribution >= 4 is 34.4 Å². The molecule has 1 saturated carbocycles. The monoisotopic (exact) mass is 389 g/mol. The highest BCUT2D eigenvalue weighted by Gasteiger charge is 2.56. The van der Waals surface area contributed by atoms with Crippen molar-refractivity contribution < 1.29 is 19.3 Å². The predicted molar refractivity (Wildman–Crippen MR) is 87.4 cm³/mol. The molecule has 4 atom stereocenters. The summed E-state index contributed by atoms with van der Waals surface area (Å²) in [5.74, 6) is -0.741. The lowest BCUT2D eigenvalue weighted by Gasteiger charge is -2.23. The Labute approximate surface area is 153 Å². The minimum absolute atomic E-state index is 0.0209. The highest BCUT2D eigenvalue weighted by atomic mass is 35.5. The molecule has 2 fully saturated rings. The van der Waals surface area contributed by atoms with Crippen LogP contribution in [0.5, 0.6) is 0 Å². The molecule has 4 rings (SSSR count). The van der Waals surface area contributed by atoms with Crippen LogP contribution < -0.4 is 0 Å². The molecule has 0 spiro atoms. The van der Waals surface area contributed by atoms with Crippen LogP contribution in [-0.4, -0.2) is 67.4 Å². The second-order valence-electron chi connectivity index (χ2n) is 6.49. The van der Waals surface area contributed by atoms with Gasteiger partial charge in [0.15, 0.2) is 22.1 Å². The maximum atomic E-state index is 9.05. The molecular weight excluding hydrogens is 373 g/mol. The second-order valence-corrected chi connectivity index (χ2v) is 7.19. The lowest BCUT2D eigenvalue weighted by Crippen LogP contribution is -2.31. The first-order valence-electron chi connectivity index (χ1n) is 7.91. The molecule has 1 N–H and O–H groups in total. The normalized spacial score (nSPS) is 30.9. The van der Waals surface area contributed by atoms with Crippen molar-refractivity contribution in [3.8, 4) is 0 Å². The van der Waals surface area contributed by atoms with Gasteiger partial charge >= 0.3 is 0 Å². The van der Waals surface area contributed by atoms with Crippen molar-refractivity contribution in [2.24, 2.45) is 0 Å². The van der Waals surface area contributed by atoms with Crippen LogP contribution in [0, 0.1) is 0 Å². The summed E-state index contributed by atoms with van der Waals surface area (Å²) < 4.78 is 19.4. The zero-order chi connectivity index (χ0) is 17.8. The molecule has 0 amide bonds. The fourth-order valence-corrected chi connectivity index (χ4v) is 3.92. The van der Waals surface area contributed by atoms with E-state index in [-0.39, 0.29) is 48.0 Å². The van der Waals surface area contributed by atoms with E-state index in [4.69, 9.17) is 42.5 Å². The van der Waals surface area contributed by atoms with Crippen LogP contribution in [0.1, 0.15) is 26.3 Å². The molecule has 9 nitrogen and oxygen atoms in total. The Hall–Kier alpha value is -1.10. The molecule has 0 bridgehead atoms. The van der Waals surface area contributed by atoms with Crippen molar-refractivity contribution in [3.63, 3.8) is 0 Å². The van der Waals surface area contributed by atoms with Gasteiger partial charge in [-0.25, -0.2) is 9.67 Å². The zero-order valence-electron chi connectivity index (χ0n) is 13.6. The fraction of sp³-hybridized carbons (Fsp3) is 0.714. The molecule has 1 aliphatic heterocycles. The Kier molecular flexibility index (Phi) is 4.33. The number of hydrogen-bond donors (Lipinski definition) is 1. The molecular formula is C14H17Cl2N5O4. The number of hydrogen-bond acceptors (Lipinski definition) is 8. The number of fused-ring (bicyclic) bond motifs is 2. The summed E-state index contributed by atoms with van der Waals surface area (Å²) in [6.45, 7) is 3.86.